The molecule has 0 aliphatic carbocycles. The Bertz CT molecular complexity index is 104. The predicted molar refractivity (Wildman–Crippen MR) is 60.2 cm³/mol. The summed E-state index contributed by atoms with van der Waals surface area (Å²) in [5, 5.41) is 0. The summed E-state index contributed by atoms with van der Waals surface area (Å²) in [5.41, 5.74) is 0. The van der Waals surface area contributed by atoms with Crippen LogP contribution in [0.4, 0.5) is 0 Å². The first-order valence-corrected chi connectivity index (χ1v) is 6.00. The van der Waals surface area contributed by atoms with Gasteiger partial charge in [-0.15, -0.1) is 0 Å². The Morgan fingerprint density at radius 3 is 2.07 bits per heavy atom. The second kappa shape index (κ2) is 11.0. The molecular formula is C12H26O2. The molecule has 0 rings (SSSR count). The molecule has 86 valence electrons. The maximum atomic E-state index is 4.99. The van der Waals surface area contributed by atoms with Crippen LogP contribution in [0, 0.1) is 0 Å². The van der Waals surface area contributed by atoms with E-state index in [1.165, 1.54) is 44.9 Å². The first kappa shape index (κ1) is 13.9. The molecule has 0 saturated heterocycles. The molecule has 0 heterocycles. The van der Waals surface area contributed by atoms with Gasteiger partial charge in [-0.05, 0) is 13.3 Å². The van der Waals surface area contributed by atoms with Crippen molar-refractivity contribution in [2.24, 2.45) is 0 Å². The van der Waals surface area contributed by atoms with E-state index in [9.17, 15) is 0 Å². The van der Waals surface area contributed by atoms with Crippen LogP contribution in [0.2, 0.25) is 0 Å². The molecule has 1 unspecified atom stereocenters. The molecule has 0 bridgehead atoms. The molecule has 14 heavy (non-hydrogen) atoms. The zero-order chi connectivity index (χ0) is 10.6. The molecule has 0 aliphatic heterocycles. The van der Waals surface area contributed by atoms with Crippen molar-refractivity contribution in [3.8, 4) is 0 Å². The van der Waals surface area contributed by atoms with Gasteiger partial charge in [0.1, 0.15) is 0 Å². The van der Waals surface area contributed by atoms with Crippen LogP contribution in [-0.2, 0) is 9.78 Å². The van der Waals surface area contributed by atoms with Crippen LogP contribution >= 0.6 is 0 Å². The maximum Gasteiger partial charge on any atom is 0.0901 e. The van der Waals surface area contributed by atoms with E-state index in [1.54, 1.807) is 7.11 Å². The first-order valence-electron chi connectivity index (χ1n) is 6.00. The van der Waals surface area contributed by atoms with Gasteiger partial charge in [0.15, 0.2) is 0 Å². The van der Waals surface area contributed by atoms with Crippen molar-refractivity contribution < 1.29 is 9.78 Å². The monoisotopic (exact) mass is 202 g/mol. The molecule has 0 N–H and O–H groups in total. The SMILES string of the molecule is CCCCCCCCCC(C)OOC. The minimum atomic E-state index is 0.246. The molecule has 0 fully saturated rings. The van der Waals surface area contributed by atoms with Gasteiger partial charge in [-0.3, -0.25) is 0 Å². The van der Waals surface area contributed by atoms with Crippen LogP contribution in [-0.4, -0.2) is 13.2 Å². The normalized spacial score (nSPS) is 13.1. The van der Waals surface area contributed by atoms with Crippen LogP contribution in [0.15, 0.2) is 0 Å². The summed E-state index contributed by atoms with van der Waals surface area (Å²) in [4.78, 5) is 9.60. The third kappa shape index (κ3) is 10.0. The van der Waals surface area contributed by atoms with E-state index < -0.39 is 0 Å². The van der Waals surface area contributed by atoms with Gasteiger partial charge < -0.3 is 0 Å². The zero-order valence-electron chi connectivity index (χ0n) is 10.1. The summed E-state index contributed by atoms with van der Waals surface area (Å²) >= 11 is 0. The van der Waals surface area contributed by atoms with E-state index in [4.69, 9.17) is 4.89 Å². The van der Waals surface area contributed by atoms with E-state index in [2.05, 4.69) is 18.7 Å². The van der Waals surface area contributed by atoms with Crippen molar-refractivity contribution in [3.05, 3.63) is 0 Å². The van der Waals surface area contributed by atoms with Crippen LogP contribution in [0.5, 0.6) is 0 Å². The minimum absolute atomic E-state index is 0.246. The molecule has 0 aromatic carbocycles. The smallest absolute Gasteiger partial charge is 0.0901 e. The average Bonchev–Trinajstić information content (AvgIpc) is 2.17. The lowest BCUT2D eigenvalue weighted by molar-refractivity contribution is -0.301. The van der Waals surface area contributed by atoms with Crippen molar-refractivity contribution in [2.45, 2.75) is 71.3 Å². The molecule has 0 aromatic heterocycles. The highest BCUT2D eigenvalue weighted by molar-refractivity contribution is 4.50. The molecule has 2 heteroatoms. The van der Waals surface area contributed by atoms with Crippen molar-refractivity contribution in [1.29, 1.82) is 0 Å². The van der Waals surface area contributed by atoms with Crippen LogP contribution in [0.1, 0.15) is 65.2 Å². The summed E-state index contributed by atoms with van der Waals surface area (Å²) in [7, 11) is 1.57. The van der Waals surface area contributed by atoms with Crippen molar-refractivity contribution in [2.75, 3.05) is 7.11 Å². The van der Waals surface area contributed by atoms with E-state index in [0.29, 0.717) is 0 Å². The Morgan fingerprint density at radius 1 is 0.929 bits per heavy atom. The Kier molecular flexibility index (Phi) is 10.9. The Hall–Kier alpha value is -0.0800. The van der Waals surface area contributed by atoms with E-state index in [-0.39, 0.29) is 6.10 Å². The molecule has 0 aliphatic rings. The summed E-state index contributed by atoms with van der Waals surface area (Å²) in [5.74, 6) is 0. The second-order valence-electron chi connectivity index (χ2n) is 3.98. The Labute approximate surface area is 88.9 Å². The van der Waals surface area contributed by atoms with Crippen molar-refractivity contribution in [1.82, 2.24) is 0 Å². The Balaban J connectivity index is 2.98. The molecule has 0 amide bonds. The average molecular weight is 202 g/mol. The fraction of sp³-hybridized carbons (Fsp3) is 1.00. The maximum absolute atomic E-state index is 4.99. The fourth-order valence-electron chi connectivity index (χ4n) is 1.60. The number of unbranched alkanes of at least 4 members (excludes halogenated alkanes) is 6. The summed E-state index contributed by atoms with van der Waals surface area (Å²) in [6, 6.07) is 0. The van der Waals surface area contributed by atoms with Gasteiger partial charge in [-0.2, -0.15) is 0 Å². The van der Waals surface area contributed by atoms with Gasteiger partial charge in [0.05, 0.1) is 13.2 Å². The molecule has 0 aromatic rings. The van der Waals surface area contributed by atoms with E-state index in [0.717, 1.165) is 6.42 Å². The van der Waals surface area contributed by atoms with Gasteiger partial charge >= 0.3 is 0 Å². The third-order valence-corrected chi connectivity index (χ3v) is 2.47. The number of hydrogen-bond donors (Lipinski definition) is 0. The van der Waals surface area contributed by atoms with Gasteiger partial charge in [0.25, 0.3) is 0 Å². The molecule has 2 nitrogen and oxygen atoms in total. The fourth-order valence-corrected chi connectivity index (χ4v) is 1.60. The highest BCUT2D eigenvalue weighted by atomic mass is 17.2. The van der Waals surface area contributed by atoms with Crippen LogP contribution in [0.25, 0.3) is 0 Å². The summed E-state index contributed by atoms with van der Waals surface area (Å²) < 4.78 is 0. The summed E-state index contributed by atoms with van der Waals surface area (Å²) in [6.07, 6.45) is 10.9. The minimum Gasteiger partial charge on any atom is -0.240 e. The lowest BCUT2D eigenvalue weighted by Crippen LogP contribution is -2.06. The quantitative estimate of drug-likeness (QED) is 0.302. The Morgan fingerprint density at radius 2 is 1.50 bits per heavy atom. The molecule has 0 radical (unpaired) electrons. The molecule has 1 atom stereocenters. The molecule has 0 spiro atoms. The predicted octanol–water partition coefficient (Wildman–Crippen LogP) is 4.09. The van der Waals surface area contributed by atoms with Crippen LogP contribution in [0.3, 0.4) is 0 Å². The standard InChI is InChI=1S/C12H26O2/c1-4-5-6-7-8-9-10-11-12(2)14-13-3/h12H,4-11H2,1-3H3. The molecular weight excluding hydrogens is 176 g/mol. The lowest BCUT2D eigenvalue weighted by atomic mass is 10.1. The van der Waals surface area contributed by atoms with Gasteiger partial charge in [0, 0.05) is 0 Å². The largest absolute Gasteiger partial charge is 0.240 e. The van der Waals surface area contributed by atoms with Gasteiger partial charge in [0.2, 0.25) is 0 Å². The summed E-state index contributed by atoms with van der Waals surface area (Å²) in [6.45, 7) is 4.31. The highest BCUT2D eigenvalue weighted by Crippen LogP contribution is 2.10. The van der Waals surface area contributed by atoms with Crippen molar-refractivity contribution in [3.63, 3.8) is 0 Å². The van der Waals surface area contributed by atoms with E-state index in [1.807, 2.05) is 0 Å². The number of rotatable bonds is 10. The second-order valence-corrected chi connectivity index (χ2v) is 3.98. The topological polar surface area (TPSA) is 18.5 Å². The van der Waals surface area contributed by atoms with E-state index >= 15 is 0 Å². The lowest BCUT2D eigenvalue weighted by Gasteiger charge is -2.09. The van der Waals surface area contributed by atoms with Crippen molar-refractivity contribution >= 4 is 0 Å². The third-order valence-electron chi connectivity index (χ3n) is 2.47. The zero-order valence-corrected chi connectivity index (χ0v) is 10.1. The number of hydrogen-bond acceptors (Lipinski definition) is 2. The van der Waals surface area contributed by atoms with Gasteiger partial charge in [-0.1, -0.05) is 51.9 Å². The highest BCUT2D eigenvalue weighted by Gasteiger charge is 2.01. The van der Waals surface area contributed by atoms with Gasteiger partial charge in [-0.25, -0.2) is 9.78 Å². The molecule has 0 saturated carbocycles. The van der Waals surface area contributed by atoms with Crippen LogP contribution < -0.4 is 0 Å². The first-order chi connectivity index (χ1) is 6.81.